The fraction of sp³-hybridized carbons (Fsp3) is 0.364. The maximum absolute atomic E-state index is 12.4. The molecule has 0 aliphatic heterocycles. The first kappa shape index (κ1) is 21.4. The molecule has 0 fully saturated rings. The molecule has 0 saturated heterocycles. The fourth-order valence-corrected chi connectivity index (χ4v) is 2.82. The van der Waals surface area contributed by atoms with Crippen molar-refractivity contribution in [2.75, 3.05) is 40.8 Å². The molecule has 0 heterocycles. The summed E-state index contributed by atoms with van der Waals surface area (Å²) < 4.78 is 5.32. The molecule has 0 unspecified atom stereocenters. The van der Waals surface area contributed by atoms with E-state index in [1.165, 1.54) is 0 Å². The molecule has 28 heavy (non-hydrogen) atoms. The zero-order chi connectivity index (χ0) is 20.4. The van der Waals surface area contributed by atoms with E-state index in [0.717, 1.165) is 24.3 Å². The van der Waals surface area contributed by atoms with Crippen LogP contribution in [0.5, 0.6) is 5.75 Å². The van der Waals surface area contributed by atoms with Crippen molar-refractivity contribution in [3.05, 3.63) is 65.2 Å². The molecule has 0 aliphatic rings. The van der Waals surface area contributed by atoms with E-state index < -0.39 is 0 Å². The van der Waals surface area contributed by atoms with Crippen molar-refractivity contribution in [2.45, 2.75) is 12.8 Å². The normalized spacial score (nSPS) is 10.6. The smallest absolute Gasteiger partial charge is 0.251 e. The van der Waals surface area contributed by atoms with Crippen LogP contribution in [0, 0.1) is 0 Å². The van der Waals surface area contributed by atoms with Gasteiger partial charge in [0.2, 0.25) is 0 Å². The Balaban J connectivity index is 1.86. The van der Waals surface area contributed by atoms with Crippen LogP contribution in [0.4, 0.5) is 0 Å². The van der Waals surface area contributed by atoms with Gasteiger partial charge in [0.1, 0.15) is 5.75 Å². The number of nitrogens with zero attached hydrogens (tertiary/aromatic N) is 1. The Bertz CT molecular complexity index is 790. The van der Waals surface area contributed by atoms with Gasteiger partial charge in [0.15, 0.2) is 0 Å². The van der Waals surface area contributed by atoms with Gasteiger partial charge in [-0.25, -0.2) is 0 Å². The number of nitrogens with one attached hydrogen (secondary N) is 2. The highest BCUT2D eigenvalue weighted by molar-refractivity contribution is 5.99. The van der Waals surface area contributed by atoms with Gasteiger partial charge in [-0.15, -0.1) is 0 Å². The van der Waals surface area contributed by atoms with Crippen LogP contribution in [0.15, 0.2) is 48.5 Å². The van der Waals surface area contributed by atoms with E-state index in [0.29, 0.717) is 30.6 Å². The van der Waals surface area contributed by atoms with E-state index in [9.17, 15) is 9.59 Å². The third-order valence-corrected chi connectivity index (χ3v) is 4.33. The van der Waals surface area contributed by atoms with Crippen LogP contribution in [-0.4, -0.2) is 57.6 Å². The molecular weight excluding hydrogens is 354 g/mol. The van der Waals surface area contributed by atoms with Gasteiger partial charge in [0.25, 0.3) is 11.8 Å². The van der Waals surface area contributed by atoms with E-state index >= 15 is 0 Å². The minimum Gasteiger partial charge on any atom is -0.496 e. The Morgan fingerprint density at radius 2 is 1.57 bits per heavy atom. The molecule has 0 bridgehead atoms. The molecule has 6 nitrogen and oxygen atoms in total. The summed E-state index contributed by atoms with van der Waals surface area (Å²) in [5.74, 6) is 0.448. The zero-order valence-electron chi connectivity index (χ0n) is 16.8. The summed E-state index contributed by atoms with van der Waals surface area (Å²) in [5.41, 5.74) is 2.00. The third-order valence-electron chi connectivity index (χ3n) is 4.33. The molecule has 2 aromatic rings. The third kappa shape index (κ3) is 6.70. The number of ether oxygens (including phenoxy) is 1. The molecule has 0 aromatic heterocycles. The lowest BCUT2D eigenvalue weighted by Crippen LogP contribution is -2.28. The van der Waals surface area contributed by atoms with Gasteiger partial charge in [-0.2, -0.15) is 0 Å². The average molecular weight is 383 g/mol. The summed E-state index contributed by atoms with van der Waals surface area (Å²) in [6.45, 7) is 2.00. The molecule has 0 radical (unpaired) electrons. The van der Waals surface area contributed by atoms with Gasteiger partial charge in [0, 0.05) is 24.2 Å². The minimum atomic E-state index is -0.197. The van der Waals surface area contributed by atoms with Crippen molar-refractivity contribution in [3.8, 4) is 5.75 Å². The van der Waals surface area contributed by atoms with Gasteiger partial charge < -0.3 is 20.3 Å². The number of hydrogen-bond acceptors (Lipinski definition) is 4. The highest BCUT2D eigenvalue weighted by Gasteiger charge is 2.10. The van der Waals surface area contributed by atoms with E-state index in [2.05, 4.69) is 15.5 Å². The lowest BCUT2D eigenvalue weighted by Gasteiger charge is -2.11. The van der Waals surface area contributed by atoms with Crippen LogP contribution in [0.1, 0.15) is 32.7 Å². The van der Waals surface area contributed by atoms with Crippen LogP contribution >= 0.6 is 0 Å². The van der Waals surface area contributed by atoms with Gasteiger partial charge in [0.05, 0.1) is 7.11 Å². The lowest BCUT2D eigenvalue weighted by molar-refractivity contribution is 0.0952. The Labute approximate surface area is 166 Å². The SMILES string of the molecule is COc1ccccc1CCNC(=O)c1cccc(C(=O)NCCCN(C)C)c1. The summed E-state index contributed by atoms with van der Waals surface area (Å²) >= 11 is 0. The summed E-state index contributed by atoms with van der Waals surface area (Å²) in [5, 5.41) is 5.78. The Kier molecular flexibility index (Phi) is 8.49. The predicted molar refractivity (Wildman–Crippen MR) is 111 cm³/mol. The van der Waals surface area contributed by atoms with E-state index in [-0.39, 0.29) is 11.8 Å². The topological polar surface area (TPSA) is 70.7 Å². The second-order valence-corrected chi connectivity index (χ2v) is 6.81. The maximum atomic E-state index is 12.4. The lowest BCUT2D eigenvalue weighted by atomic mass is 10.1. The Morgan fingerprint density at radius 1 is 0.929 bits per heavy atom. The molecule has 2 amide bonds. The summed E-state index contributed by atoms with van der Waals surface area (Å²) in [4.78, 5) is 26.8. The summed E-state index contributed by atoms with van der Waals surface area (Å²) in [6.07, 6.45) is 1.55. The van der Waals surface area contributed by atoms with Crippen molar-refractivity contribution in [3.63, 3.8) is 0 Å². The zero-order valence-corrected chi connectivity index (χ0v) is 16.8. The van der Waals surface area contributed by atoms with Gasteiger partial charge in [-0.3, -0.25) is 9.59 Å². The molecular formula is C22H29N3O3. The number of amides is 2. The van der Waals surface area contributed by atoms with Crippen molar-refractivity contribution in [1.82, 2.24) is 15.5 Å². The second kappa shape index (κ2) is 11.1. The fourth-order valence-electron chi connectivity index (χ4n) is 2.82. The van der Waals surface area contributed by atoms with E-state index in [1.807, 2.05) is 38.4 Å². The first-order chi connectivity index (χ1) is 13.5. The first-order valence-corrected chi connectivity index (χ1v) is 9.44. The van der Waals surface area contributed by atoms with Crippen LogP contribution in [0.25, 0.3) is 0 Å². The van der Waals surface area contributed by atoms with Gasteiger partial charge in [-0.1, -0.05) is 24.3 Å². The molecule has 0 aliphatic carbocycles. The van der Waals surface area contributed by atoms with Crippen LogP contribution < -0.4 is 15.4 Å². The number of methoxy groups -OCH3 is 1. The summed E-state index contributed by atoms with van der Waals surface area (Å²) in [6, 6.07) is 14.5. The molecule has 0 saturated carbocycles. The highest BCUT2D eigenvalue weighted by atomic mass is 16.5. The highest BCUT2D eigenvalue weighted by Crippen LogP contribution is 2.17. The monoisotopic (exact) mass is 383 g/mol. The first-order valence-electron chi connectivity index (χ1n) is 9.44. The number of benzene rings is 2. The van der Waals surface area contributed by atoms with Crippen molar-refractivity contribution in [1.29, 1.82) is 0 Å². The van der Waals surface area contributed by atoms with Gasteiger partial charge in [-0.05, 0) is 63.3 Å². The largest absolute Gasteiger partial charge is 0.496 e. The van der Waals surface area contributed by atoms with Crippen LogP contribution in [0.3, 0.4) is 0 Å². The summed E-state index contributed by atoms with van der Waals surface area (Å²) in [7, 11) is 5.63. The standard InChI is InChI=1S/C22H29N3O3/c1-25(2)15-7-13-23-21(26)18-9-6-10-19(16-18)22(27)24-14-12-17-8-4-5-11-20(17)28-3/h4-6,8-11,16H,7,12-15H2,1-3H3,(H,23,26)(H,24,27). The molecule has 2 aromatic carbocycles. The van der Waals surface area contributed by atoms with E-state index in [4.69, 9.17) is 4.74 Å². The maximum Gasteiger partial charge on any atom is 0.251 e. The number of carbonyl (C=O) groups is 2. The van der Waals surface area contributed by atoms with E-state index in [1.54, 1.807) is 31.4 Å². The molecule has 2 rings (SSSR count). The van der Waals surface area contributed by atoms with Crippen molar-refractivity contribution < 1.29 is 14.3 Å². The molecule has 6 heteroatoms. The average Bonchev–Trinajstić information content (AvgIpc) is 2.71. The molecule has 150 valence electrons. The quantitative estimate of drug-likeness (QED) is 0.618. The van der Waals surface area contributed by atoms with Crippen LogP contribution in [0.2, 0.25) is 0 Å². The van der Waals surface area contributed by atoms with Crippen molar-refractivity contribution in [2.24, 2.45) is 0 Å². The second-order valence-electron chi connectivity index (χ2n) is 6.81. The van der Waals surface area contributed by atoms with Crippen molar-refractivity contribution >= 4 is 11.8 Å². The Hall–Kier alpha value is -2.86. The molecule has 2 N–H and O–H groups in total. The number of rotatable bonds is 10. The number of carbonyl (C=O) groups excluding carboxylic acids is 2. The molecule has 0 spiro atoms. The minimum absolute atomic E-state index is 0.164. The van der Waals surface area contributed by atoms with Crippen LogP contribution in [-0.2, 0) is 6.42 Å². The number of para-hydroxylation sites is 1. The number of hydrogen-bond donors (Lipinski definition) is 2. The van der Waals surface area contributed by atoms with Gasteiger partial charge >= 0.3 is 0 Å². The molecule has 0 atom stereocenters. The Morgan fingerprint density at radius 3 is 2.21 bits per heavy atom. The predicted octanol–water partition coefficient (Wildman–Crippen LogP) is 2.35.